The van der Waals surface area contributed by atoms with Gasteiger partial charge in [-0.1, -0.05) is 17.7 Å². The van der Waals surface area contributed by atoms with Crippen LogP contribution >= 0.6 is 0 Å². The predicted molar refractivity (Wildman–Crippen MR) is 116 cm³/mol. The molecule has 0 saturated carbocycles. The van der Waals surface area contributed by atoms with Crippen molar-refractivity contribution in [3.05, 3.63) is 75.4 Å². The SMILES string of the molecule is Cc1ccc2oc3c(c(=O)c2c1)[C@@H](c1cccnc1)N(CCCN1CCOCC1)C3=O. The standard InChI is InChI=1S/C24H25N3O4/c1-16-5-6-19-18(14-16)22(28)20-21(17-4-2-7-25-15-17)27(24(29)23(20)31-19)9-3-8-26-10-12-30-13-11-26/h2,4-7,14-15,21H,3,8-13H2,1H3/t21-/m1/s1. The minimum absolute atomic E-state index is 0.141. The van der Waals surface area contributed by atoms with Crippen LogP contribution in [0.15, 0.2) is 51.9 Å². The van der Waals surface area contributed by atoms with Crippen LogP contribution in [0.4, 0.5) is 0 Å². The number of benzene rings is 1. The molecule has 1 saturated heterocycles. The van der Waals surface area contributed by atoms with Crippen molar-refractivity contribution in [1.29, 1.82) is 0 Å². The summed E-state index contributed by atoms with van der Waals surface area (Å²) in [5.41, 5.74) is 2.52. The molecule has 1 fully saturated rings. The van der Waals surface area contributed by atoms with E-state index in [4.69, 9.17) is 9.15 Å². The van der Waals surface area contributed by atoms with Crippen LogP contribution in [0.5, 0.6) is 0 Å². The minimum Gasteiger partial charge on any atom is -0.450 e. The van der Waals surface area contributed by atoms with Crippen molar-refractivity contribution in [1.82, 2.24) is 14.8 Å². The molecule has 0 aliphatic carbocycles. The summed E-state index contributed by atoms with van der Waals surface area (Å²) in [4.78, 5) is 35.2. The Hall–Kier alpha value is -3.03. The van der Waals surface area contributed by atoms with E-state index in [-0.39, 0.29) is 17.1 Å². The molecule has 2 aliphatic heterocycles. The van der Waals surface area contributed by atoms with Gasteiger partial charge in [0.2, 0.25) is 5.76 Å². The van der Waals surface area contributed by atoms with E-state index >= 15 is 0 Å². The van der Waals surface area contributed by atoms with Gasteiger partial charge in [-0.25, -0.2) is 0 Å². The molecule has 1 aromatic carbocycles. The molecule has 1 atom stereocenters. The van der Waals surface area contributed by atoms with Crippen LogP contribution in [0.2, 0.25) is 0 Å². The predicted octanol–water partition coefficient (Wildman–Crippen LogP) is 2.76. The number of ether oxygens (including phenoxy) is 1. The molecule has 160 valence electrons. The van der Waals surface area contributed by atoms with Gasteiger partial charge in [0, 0.05) is 38.6 Å². The van der Waals surface area contributed by atoms with Gasteiger partial charge in [0.25, 0.3) is 5.91 Å². The van der Waals surface area contributed by atoms with Crippen molar-refractivity contribution in [2.45, 2.75) is 19.4 Å². The Balaban J connectivity index is 1.52. The van der Waals surface area contributed by atoms with E-state index in [9.17, 15) is 9.59 Å². The Morgan fingerprint density at radius 2 is 1.97 bits per heavy atom. The second kappa shape index (κ2) is 8.24. The fraction of sp³-hybridized carbons (Fsp3) is 0.375. The summed E-state index contributed by atoms with van der Waals surface area (Å²) in [6, 6.07) is 8.73. The molecule has 1 amide bonds. The third-order valence-electron chi connectivity index (χ3n) is 6.10. The second-order valence-corrected chi connectivity index (χ2v) is 8.17. The fourth-order valence-electron chi connectivity index (χ4n) is 4.54. The van der Waals surface area contributed by atoms with E-state index in [1.54, 1.807) is 23.4 Å². The van der Waals surface area contributed by atoms with Crippen molar-refractivity contribution in [3.63, 3.8) is 0 Å². The highest BCUT2D eigenvalue weighted by molar-refractivity contribution is 5.99. The first-order valence-electron chi connectivity index (χ1n) is 10.7. The number of amides is 1. The van der Waals surface area contributed by atoms with Crippen molar-refractivity contribution < 1.29 is 13.9 Å². The maximum atomic E-state index is 13.5. The van der Waals surface area contributed by atoms with Crippen LogP contribution in [-0.2, 0) is 4.74 Å². The molecule has 2 aromatic heterocycles. The van der Waals surface area contributed by atoms with Gasteiger partial charge in [0.15, 0.2) is 5.43 Å². The molecule has 3 aromatic rings. The number of pyridine rings is 1. The Bertz CT molecular complexity index is 1170. The van der Waals surface area contributed by atoms with E-state index in [2.05, 4.69) is 9.88 Å². The monoisotopic (exact) mass is 419 g/mol. The minimum atomic E-state index is -0.484. The summed E-state index contributed by atoms with van der Waals surface area (Å²) in [7, 11) is 0. The Morgan fingerprint density at radius 3 is 2.74 bits per heavy atom. The Morgan fingerprint density at radius 1 is 1.13 bits per heavy atom. The van der Waals surface area contributed by atoms with E-state index in [0.29, 0.717) is 23.1 Å². The van der Waals surface area contributed by atoms with Crippen LogP contribution < -0.4 is 5.43 Å². The summed E-state index contributed by atoms with van der Waals surface area (Å²) in [6.07, 6.45) is 4.22. The molecule has 0 N–H and O–H groups in total. The summed E-state index contributed by atoms with van der Waals surface area (Å²) >= 11 is 0. The van der Waals surface area contributed by atoms with E-state index in [0.717, 1.165) is 50.4 Å². The summed E-state index contributed by atoms with van der Waals surface area (Å²) < 4.78 is 11.4. The number of carbonyl (C=O) groups is 1. The van der Waals surface area contributed by atoms with Gasteiger partial charge < -0.3 is 14.1 Å². The molecule has 0 unspecified atom stereocenters. The third-order valence-corrected chi connectivity index (χ3v) is 6.10. The molecule has 5 rings (SSSR count). The number of aromatic nitrogens is 1. The number of nitrogens with zero attached hydrogens (tertiary/aromatic N) is 3. The first-order chi connectivity index (χ1) is 15.1. The average Bonchev–Trinajstić information content (AvgIpc) is 3.08. The number of hydrogen-bond donors (Lipinski definition) is 0. The Kier molecular flexibility index (Phi) is 5.29. The molecule has 4 heterocycles. The molecule has 7 nitrogen and oxygen atoms in total. The van der Waals surface area contributed by atoms with Gasteiger partial charge >= 0.3 is 0 Å². The smallest absolute Gasteiger partial charge is 0.290 e. The van der Waals surface area contributed by atoms with Gasteiger partial charge in [0.1, 0.15) is 5.58 Å². The zero-order valence-corrected chi connectivity index (χ0v) is 17.5. The van der Waals surface area contributed by atoms with Gasteiger partial charge in [0.05, 0.1) is 30.2 Å². The molecule has 2 aliphatic rings. The van der Waals surface area contributed by atoms with Gasteiger partial charge in [-0.2, -0.15) is 0 Å². The molecule has 31 heavy (non-hydrogen) atoms. The third kappa shape index (κ3) is 3.64. The number of fused-ring (bicyclic) bond motifs is 2. The zero-order valence-electron chi connectivity index (χ0n) is 17.5. The number of morpholine rings is 1. The highest BCUT2D eigenvalue weighted by Gasteiger charge is 2.42. The normalized spacial score (nSPS) is 19.2. The fourth-order valence-corrected chi connectivity index (χ4v) is 4.54. The highest BCUT2D eigenvalue weighted by atomic mass is 16.5. The van der Waals surface area contributed by atoms with E-state index in [1.165, 1.54) is 0 Å². The topological polar surface area (TPSA) is 75.9 Å². The summed E-state index contributed by atoms with van der Waals surface area (Å²) in [6.45, 7) is 6.66. The van der Waals surface area contributed by atoms with E-state index in [1.807, 2.05) is 31.2 Å². The van der Waals surface area contributed by atoms with Gasteiger partial charge in [-0.05, 0) is 37.1 Å². The number of carbonyl (C=O) groups excluding carboxylic acids is 1. The summed E-state index contributed by atoms with van der Waals surface area (Å²) in [5.74, 6) is -0.0769. The van der Waals surface area contributed by atoms with Crippen LogP contribution in [0.25, 0.3) is 11.0 Å². The molecular weight excluding hydrogens is 394 g/mol. The van der Waals surface area contributed by atoms with Crippen molar-refractivity contribution in [3.8, 4) is 0 Å². The van der Waals surface area contributed by atoms with Crippen LogP contribution in [-0.4, -0.2) is 60.1 Å². The Labute approximate surface area is 180 Å². The number of rotatable bonds is 5. The first-order valence-corrected chi connectivity index (χ1v) is 10.7. The quantitative estimate of drug-likeness (QED) is 0.633. The molecule has 7 heteroatoms. The lowest BCUT2D eigenvalue weighted by atomic mass is 9.99. The molecule has 0 spiro atoms. The van der Waals surface area contributed by atoms with Crippen LogP contribution in [0.3, 0.4) is 0 Å². The maximum absolute atomic E-state index is 13.5. The van der Waals surface area contributed by atoms with Crippen LogP contribution in [0, 0.1) is 6.92 Å². The van der Waals surface area contributed by atoms with Crippen LogP contribution in [0.1, 0.15) is 39.7 Å². The number of hydrogen-bond acceptors (Lipinski definition) is 6. The van der Waals surface area contributed by atoms with Crippen molar-refractivity contribution in [2.24, 2.45) is 0 Å². The highest BCUT2D eigenvalue weighted by Crippen LogP contribution is 2.38. The molecule has 0 radical (unpaired) electrons. The zero-order chi connectivity index (χ0) is 21.4. The van der Waals surface area contributed by atoms with Gasteiger partial charge in [-0.3, -0.25) is 19.5 Å². The first kappa shape index (κ1) is 19.9. The lowest BCUT2D eigenvalue weighted by Gasteiger charge is -2.29. The second-order valence-electron chi connectivity index (χ2n) is 8.17. The lowest BCUT2D eigenvalue weighted by molar-refractivity contribution is 0.0353. The maximum Gasteiger partial charge on any atom is 0.290 e. The lowest BCUT2D eigenvalue weighted by Crippen LogP contribution is -2.38. The average molecular weight is 419 g/mol. The summed E-state index contributed by atoms with van der Waals surface area (Å²) in [5, 5.41) is 0.510. The van der Waals surface area contributed by atoms with E-state index < -0.39 is 6.04 Å². The van der Waals surface area contributed by atoms with Crippen molar-refractivity contribution in [2.75, 3.05) is 39.4 Å². The van der Waals surface area contributed by atoms with Gasteiger partial charge in [-0.15, -0.1) is 0 Å². The number of aryl methyl sites for hydroxylation is 1. The largest absolute Gasteiger partial charge is 0.450 e. The van der Waals surface area contributed by atoms with Crippen molar-refractivity contribution >= 4 is 16.9 Å². The molecule has 0 bridgehead atoms. The molecular formula is C24H25N3O4.